The predicted octanol–water partition coefficient (Wildman–Crippen LogP) is 6.55. The van der Waals surface area contributed by atoms with Crippen LogP contribution < -0.4 is 0 Å². The van der Waals surface area contributed by atoms with Crippen LogP contribution in [0.1, 0.15) is 110 Å². The maximum Gasteiger partial charge on any atom is 0.0360 e. The monoisotopic (exact) mass is 308 g/mol. The van der Waals surface area contributed by atoms with Gasteiger partial charge >= 0.3 is 0 Å². The Morgan fingerprint density at radius 2 is 1.18 bits per heavy atom. The molecule has 1 saturated heterocycles. The quantitative estimate of drug-likeness (QED) is 0.278. The number of nitrogens with zero attached hydrogens (tertiary/aromatic N) is 2. The fourth-order valence-corrected chi connectivity index (χ4v) is 3.24. The Kier molecular flexibility index (Phi) is 13.6. The topological polar surface area (TPSA) is 15.6 Å². The van der Waals surface area contributed by atoms with Gasteiger partial charge in [0.1, 0.15) is 0 Å². The molecule has 1 fully saturated rings. The maximum atomic E-state index is 4.63. The van der Waals surface area contributed by atoms with E-state index in [1.165, 1.54) is 116 Å². The van der Waals surface area contributed by atoms with Crippen molar-refractivity contribution in [1.29, 1.82) is 0 Å². The van der Waals surface area contributed by atoms with Crippen molar-refractivity contribution >= 4 is 6.21 Å². The van der Waals surface area contributed by atoms with Gasteiger partial charge in [0.05, 0.1) is 0 Å². The van der Waals surface area contributed by atoms with Crippen molar-refractivity contribution in [3.63, 3.8) is 0 Å². The first-order valence-electron chi connectivity index (χ1n) is 10.2. The summed E-state index contributed by atoms with van der Waals surface area (Å²) in [5.41, 5.74) is 0. The lowest BCUT2D eigenvalue weighted by molar-refractivity contribution is 0.301. The van der Waals surface area contributed by atoms with Crippen LogP contribution >= 0.6 is 0 Å². The molecule has 2 nitrogen and oxygen atoms in total. The molecule has 1 aliphatic heterocycles. The van der Waals surface area contributed by atoms with Crippen LogP contribution in [-0.2, 0) is 0 Å². The second-order valence-corrected chi connectivity index (χ2v) is 6.99. The average Bonchev–Trinajstić information content (AvgIpc) is 2.80. The highest BCUT2D eigenvalue weighted by Crippen LogP contribution is 2.12. The van der Waals surface area contributed by atoms with Gasteiger partial charge < -0.3 is 0 Å². The third-order valence-electron chi connectivity index (χ3n) is 4.76. The Hall–Kier alpha value is -0.530. The summed E-state index contributed by atoms with van der Waals surface area (Å²) in [5.74, 6) is 0. The molecule has 0 aromatic rings. The van der Waals surface area contributed by atoms with Crippen molar-refractivity contribution in [3.05, 3.63) is 0 Å². The molecule has 22 heavy (non-hydrogen) atoms. The minimum Gasteiger partial charge on any atom is -0.297 e. The van der Waals surface area contributed by atoms with Gasteiger partial charge in [0, 0.05) is 19.3 Å². The van der Waals surface area contributed by atoms with Crippen LogP contribution in [0.15, 0.2) is 5.10 Å². The van der Waals surface area contributed by atoms with Crippen LogP contribution in [0.3, 0.4) is 0 Å². The molecule has 0 N–H and O–H groups in total. The smallest absolute Gasteiger partial charge is 0.0360 e. The van der Waals surface area contributed by atoms with E-state index in [9.17, 15) is 0 Å². The fraction of sp³-hybridized carbons (Fsp3) is 0.950. The van der Waals surface area contributed by atoms with Crippen LogP contribution in [0.4, 0.5) is 0 Å². The van der Waals surface area contributed by atoms with Crippen LogP contribution in [0.5, 0.6) is 0 Å². The molecular weight excluding hydrogens is 268 g/mol. The minimum atomic E-state index is 1.17. The standard InChI is InChI=1S/C20H40N2/c1-2-3-4-5-6-7-8-9-10-11-12-15-18-21-22-19-16-13-14-17-20-22/h18H,2-17,19-20H2,1H3/b21-18-. The van der Waals surface area contributed by atoms with E-state index in [-0.39, 0.29) is 0 Å². The van der Waals surface area contributed by atoms with Crippen molar-refractivity contribution in [2.75, 3.05) is 13.1 Å². The van der Waals surface area contributed by atoms with Crippen molar-refractivity contribution < 1.29 is 0 Å². The van der Waals surface area contributed by atoms with Crippen molar-refractivity contribution in [3.8, 4) is 0 Å². The van der Waals surface area contributed by atoms with Crippen LogP contribution in [-0.4, -0.2) is 24.3 Å². The Labute approximate surface area is 139 Å². The van der Waals surface area contributed by atoms with E-state index in [1.54, 1.807) is 0 Å². The van der Waals surface area contributed by atoms with E-state index in [2.05, 4.69) is 23.2 Å². The molecule has 0 unspecified atom stereocenters. The fourth-order valence-electron chi connectivity index (χ4n) is 3.24. The van der Waals surface area contributed by atoms with E-state index in [1.807, 2.05) is 0 Å². The summed E-state index contributed by atoms with van der Waals surface area (Å²) in [7, 11) is 0. The maximum absolute atomic E-state index is 4.63. The molecule has 2 heteroatoms. The van der Waals surface area contributed by atoms with Crippen molar-refractivity contribution in [2.45, 2.75) is 110 Å². The summed E-state index contributed by atoms with van der Waals surface area (Å²) in [6.45, 7) is 4.64. The Bertz CT molecular complexity index is 242. The second kappa shape index (κ2) is 15.4. The summed E-state index contributed by atoms with van der Waals surface area (Å²) in [6, 6.07) is 0. The summed E-state index contributed by atoms with van der Waals surface area (Å²) in [4.78, 5) is 0. The number of unbranched alkanes of at least 4 members (excludes halogenated alkanes) is 11. The molecule has 0 bridgehead atoms. The van der Waals surface area contributed by atoms with Gasteiger partial charge in [0.15, 0.2) is 0 Å². The van der Waals surface area contributed by atoms with E-state index < -0.39 is 0 Å². The molecule has 0 atom stereocenters. The van der Waals surface area contributed by atoms with Crippen molar-refractivity contribution in [2.24, 2.45) is 5.10 Å². The van der Waals surface area contributed by atoms with E-state index in [0.717, 1.165) is 0 Å². The molecule has 0 amide bonds. The molecule has 0 spiro atoms. The normalized spacial score (nSPS) is 16.3. The highest BCUT2D eigenvalue weighted by Gasteiger charge is 2.04. The first-order chi connectivity index (χ1) is 10.9. The largest absolute Gasteiger partial charge is 0.297 e. The number of hydrogen-bond donors (Lipinski definition) is 0. The van der Waals surface area contributed by atoms with Gasteiger partial charge in [-0.05, 0) is 25.7 Å². The third-order valence-corrected chi connectivity index (χ3v) is 4.76. The lowest BCUT2D eigenvalue weighted by Crippen LogP contribution is -2.18. The van der Waals surface area contributed by atoms with Gasteiger partial charge in [0.2, 0.25) is 0 Å². The number of hydrogen-bond acceptors (Lipinski definition) is 2. The van der Waals surface area contributed by atoms with Gasteiger partial charge in [-0.25, -0.2) is 0 Å². The highest BCUT2D eigenvalue weighted by atomic mass is 15.4. The molecule has 0 radical (unpaired) electrons. The summed E-state index contributed by atoms with van der Waals surface area (Å²) >= 11 is 0. The molecule has 1 rings (SSSR count). The molecule has 1 heterocycles. The zero-order valence-corrected chi connectivity index (χ0v) is 15.2. The van der Waals surface area contributed by atoms with E-state index in [4.69, 9.17) is 0 Å². The molecule has 0 saturated carbocycles. The first kappa shape index (κ1) is 19.5. The summed E-state index contributed by atoms with van der Waals surface area (Å²) < 4.78 is 0. The Morgan fingerprint density at radius 1 is 0.682 bits per heavy atom. The molecule has 1 aliphatic rings. The zero-order valence-electron chi connectivity index (χ0n) is 15.2. The van der Waals surface area contributed by atoms with Gasteiger partial charge in [-0.15, -0.1) is 0 Å². The second-order valence-electron chi connectivity index (χ2n) is 6.99. The molecule has 130 valence electrons. The Morgan fingerprint density at radius 3 is 1.73 bits per heavy atom. The SMILES string of the molecule is CCCCCCCCCCCCC/C=N\N1CCCCCC1. The van der Waals surface area contributed by atoms with Crippen LogP contribution in [0.25, 0.3) is 0 Å². The van der Waals surface area contributed by atoms with Gasteiger partial charge in [-0.3, -0.25) is 5.01 Å². The third kappa shape index (κ3) is 12.1. The molecule has 0 aromatic carbocycles. The van der Waals surface area contributed by atoms with Gasteiger partial charge in [0.25, 0.3) is 0 Å². The zero-order chi connectivity index (χ0) is 15.7. The van der Waals surface area contributed by atoms with E-state index >= 15 is 0 Å². The van der Waals surface area contributed by atoms with Gasteiger partial charge in [-0.1, -0.05) is 84.0 Å². The van der Waals surface area contributed by atoms with Crippen LogP contribution in [0.2, 0.25) is 0 Å². The van der Waals surface area contributed by atoms with Crippen molar-refractivity contribution in [1.82, 2.24) is 5.01 Å². The minimum absolute atomic E-state index is 1.17. The van der Waals surface area contributed by atoms with E-state index in [0.29, 0.717) is 0 Å². The first-order valence-corrected chi connectivity index (χ1v) is 10.2. The molecule has 0 aromatic heterocycles. The molecular formula is C20H40N2. The van der Waals surface area contributed by atoms with Crippen LogP contribution in [0, 0.1) is 0 Å². The Balaban J connectivity index is 1.79. The number of rotatable bonds is 13. The molecule has 0 aliphatic carbocycles. The van der Waals surface area contributed by atoms with Gasteiger partial charge in [-0.2, -0.15) is 5.10 Å². The lowest BCUT2D eigenvalue weighted by atomic mass is 10.1. The average molecular weight is 309 g/mol. The number of hydrazone groups is 1. The summed E-state index contributed by atoms with van der Waals surface area (Å²) in [5, 5.41) is 6.92. The summed E-state index contributed by atoms with van der Waals surface area (Å²) in [6.07, 6.45) is 24.4. The lowest BCUT2D eigenvalue weighted by Gasteiger charge is -2.15. The predicted molar refractivity (Wildman–Crippen MR) is 99.6 cm³/mol. The highest BCUT2D eigenvalue weighted by molar-refractivity contribution is 5.56.